The quantitative estimate of drug-likeness (QED) is 0.407. The molecule has 3 aromatic heterocycles. The predicted molar refractivity (Wildman–Crippen MR) is 135 cm³/mol. The highest BCUT2D eigenvalue weighted by Gasteiger charge is 2.26. The van der Waals surface area contributed by atoms with Gasteiger partial charge in [0.15, 0.2) is 17.5 Å². The van der Waals surface area contributed by atoms with Gasteiger partial charge in [-0.1, -0.05) is 17.7 Å². The Morgan fingerprint density at radius 1 is 1.28 bits per heavy atom. The molecule has 1 saturated heterocycles. The van der Waals surface area contributed by atoms with Crippen molar-refractivity contribution in [1.29, 1.82) is 0 Å². The Balaban J connectivity index is 1.15. The standard InChI is InChI=1S/C26H24ClFN6O2/c27-18-9-19-20(12-31-23(19)30-11-18)24-32-13-21(28)25(33-24)29-10-15-2-1-6-34(14-15)26(35)17-4-3-16-5-7-36-22(16)8-17/h3-4,8-9,11-13,15H,1-2,5-7,10,14H2,(H,30,31)(H,29,32,33)/t15-/m1/s1. The van der Waals surface area contributed by atoms with Crippen molar-refractivity contribution >= 4 is 34.4 Å². The van der Waals surface area contributed by atoms with E-state index in [4.69, 9.17) is 16.3 Å². The number of pyridine rings is 1. The number of likely N-dealkylation sites (tertiary alicyclic amines) is 1. The fourth-order valence-corrected chi connectivity index (χ4v) is 5.08. The van der Waals surface area contributed by atoms with E-state index in [1.165, 1.54) is 0 Å². The molecule has 2 aliphatic heterocycles. The minimum atomic E-state index is -0.531. The molecule has 5 heterocycles. The number of benzene rings is 1. The number of aromatic amines is 1. The summed E-state index contributed by atoms with van der Waals surface area (Å²) >= 11 is 6.10. The number of carbonyl (C=O) groups is 1. The molecule has 0 unspecified atom stereocenters. The second kappa shape index (κ2) is 9.39. The zero-order chi connectivity index (χ0) is 24.6. The molecule has 0 aliphatic carbocycles. The van der Waals surface area contributed by atoms with E-state index in [-0.39, 0.29) is 17.6 Å². The largest absolute Gasteiger partial charge is 0.493 e. The topological polar surface area (TPSA) is 96.0 Å². The lowest BCUT2D eigenvalue weighted by molar-refractivity contribution is 0.0680. The van der Waals surface area contributed by atoms with Crippen molar-refractivity contribution in [2.45, 2.75) is 19.3 Å². The highest BCUT2D eigenvalue weighted by Crippen LogP contribution is 2.29. The van der Waals surface area contributed by atoms with Gasteiger partial charge in [-0.15, -0.1) is 0 Å². The molecule has 0 spiro atoms. The average molecular weight is 507 g/mol. The van der Waals surface area contributed by atoms with E-state index in [1.807, 2.05) is 23.1 Å². The van der Waals surface area contributed by atoms with Crippen LogP contribution in [0.2, 0.25) is 5.02 Å². The van der Waals surface area contributed by atoms with Crippen molar-refractivity contribution < 1.29 is 13.9 Å². The molecule has 0 saturated carbocycles. The second-order valence-electron chi connectivity index (χ2n) is 9.20. The van der Waals surface area contributed by atoms with E-state index < -0.39 is 5.82 Å². The lowest BCUT2D eigenvalue weighted by atomic mass is 9.97. The summed E-state index contributed by atoms with van der Waals surface area (Å²) in [4.78, 5) is 30.9. The van der Waals surface area contributed by atoms with E-state index >= 15 is 0 Å². The molecule has 2 aliphatic rings. The molecule has 1 atom stereocenters. The van der Waals surface area contributed by atoms with Crippen LogP contribution in [-0.2, 0) is 6.42 Å². The number of carbonyl (C=O) groups excluding carboxylic acids is 1. The Morgan fingerprint density at radius 2 is 2.19 bits per heavy atom. The highest BCUT2D eigenvalue weighted by atomic mass is 35.5. The second-order valence-corrected chi connectivity index (χ2v) is 9.64. The number of hydrogen-bond donors (Lipinski definition) is 2. The van der Waals surface area contributed by atoms with Crippen LogP contribution in [0, 0.1) is 11.7 Å². The van der Waals surface area contributed by atoms with Crippen LogP contribution in [0.3, 0.4) is 0 Å². The zero-order valence-electron chi connectivity index (χ0n) is 19.4. The van der Waals surface area contributed by atoms with Gasteiger partial charge in [-0.25, -0.2) is 19.3 Å². The molecule has 0 bridgehead atoms. The average Bonchev–Trinajstić information content (AvgIpc) is 3.54. The first kappa shape index (κ1) is 22.7. The number of aromatic nitrogens is 4. The maximum absolute atomic E-state index is 14.6. The Hall–Kier alpha value is -3.72. The summed E-state index contributed by atoms with van der Waals surface area (Å²) in [5.74, 6) is 0.940. The SMILES string of the molecule is O=C(c1ccc2c(c1)OCC2)N1CCC[C@H](CNc2nc(-c3c[nH]c4ncc(Cl)cc34)ncc2F)C1. The number of anilines is 1. The number of ether oxygens (including phenoxy) is 1. The van der Waals surface area contributed by atoms with Gasteiger partial charge in [0.05, 0.1) is 17.8 Å². The van der Waals surface area contributed by atoms with Gasteiger partial charge < -0.3 is 19.9 Å². The normalized spacial score (nSPS) is 17.2. The van der Waals surface area contributed by atoms with Gasteiger partial charge in [-0.05, 0) is 42.5 Å². The van der Waals surface area contributed by atoms with Crippen LogP contribution < -0.4 is 10.1 Å². The zero-order valence-corrected chi connectivity index (χ0v) is 20.2. The molecular weight excluding hydrogens is 483 g/mol. The van der Waals surface area contributed by atoms with Gasteiger partial charge in [-0.2, -0.15) is 0 Å². The fourth-order valence-electron chi connectivity index (χ4n) is 4.92. The molecule has 1 amide bonds. The van der Waals surface area contributed by atoms with Crippen molar-refractivity contribution in [3.05, 3.63) is 64.8 Å². The lowest BCUT2D eigenvalue weighted by Crippen LogP contribution is -2.41. The molecule has 36 heavy (non-hydrogen) atoms. The Kier molecular flexibility index (Phi) is 5.92. The number of nitrogens with zero attached hydrogens (tertiary/aromatic N) is 4. The lowest BCUT2D eigenvalue weighted by Gasteiger charge is -2.33. The number of nitrogens with one attached hydrogen (secondary N) is 2. The van der Waals surface area contributed by atoms with Crippen molar-refractivity contribution in [2.24, 2.45) is 5.92 Å². The van der Waals surface area contributed by atoms with Crippen LogP contribution in [0.25, 0.3) is 22.4 Å². The summed E-state index contributed by atoms with van der Waals surface area (Å²) in [6.45, 7) is 2.45. The maximum Gasteiger partial charge on any atom is 0.253 e. The van der Waals surface area contributed by atoms with E-state index in [1.54, 1.807) is 18.5 Å². The molecule has 1 fully saturated rings. The van der Waals surface area contributed by atoms with Crippen LogP contribution in [0.4, 0.5) is 10.2 Å². The summed E-state index contributed by atoms with van der Waals surface area (Å²) in [5, 5.41) is 4.40. The third-order valence-electron chi connectivity index (χ3n) is 6.79. The van der Waals surface area contributed by atoms with Crippen LogP contribution in [-0.4, -0.2) is 57.0 Å². The summed E-state index contributed by atoms with van der Waals surface area (Å²) in [5.41, 5.74) is 3.13. The number of hydrogen-bond acceptors (Lipinski definition) is 6. The van der Waals surface area contributed by atoms with Crippen LogP contribution in [0.5, 0.6) is 5.75 Å². The van der Waals surface area contributed by atoms with Crippen molar-refractivity contribution in [3.63, 3.8) is 0 Å². The molecule has 6 rings (SSSR count). The van der Waals surface area contributed by atoms with Gasteiger partial charge in [0, 0.05) is 55.0 Å². The smallest absolute Gasteiger partial charge is 0.253 e. The number of piperidine rings is 1. The highest BCUT2D eigenvalue weighted by molar-refractivity contribution is 6.31. The molecule has 10 heteroatoms. The Bertz CT molecular complexity index is 1460. The summed E-state index contributed by atoms with van der Waals surface area (Å²) < 4.78 is 20.2. The van der Waals surface area contributed by atoms with Crippen molar-refractivity contribution in [3.8, 4) is 17.1 Å². The van der Waals surface area contributed by atoms with Crippen molar-refractivity contribution in [2.75, 3.05) is 31.6 Å². The number of amides is 1. The first-order chi connectivity index (χ1) is 17.5. The van der Waals surface area contributed by atoms with E-state index in [0.29, 0.717) is 53.9 Å². The van der Waals surface area contributed by atoms with Crippen LogP contribution in [0.1, 0.15) is 28.8 Å². The van der Waals surface area contributed by atoms with Crippen molar-refractivity contribution in [1.82, 2.24) is 24.8 Å². The van der Waals surface area contributed by atoms with Gasteiger partial charge >= 0.3 is 0 Å². The van der Waals surface area contributed by atoms with Gasteiger partial charge in [0.2, 0.25) is 0 Å². The van der Waals surface area contributed by atoms with Gasteiger partial charge in [0.1, 0.15) is 11.4 Å². The number of fused-ring (bicyclic) bond motifs is 2. The summed E-state index contributed by atoms with van der Waals surface area (Å²) in [6.07, 6.45) is 7.16. The third-order valence-corrected chi connectivity index (χ3v) is 7.00. The van der Waals surface area contributed by atoms with E-state index in [2.05, 4.69) is 25.3 Å². The summed E-state index contributed by atoms with van der Waals surface area (Å²) in [7, 11) is 0. The fraction of sp³-hybridized carbons (Fsp3) is 0.308. The number of H-pyrrole nitrogens is 1. The van der Waals surface area contributed by atoms with E-state index in [9.17, 15) is 9.18 Å². The molecule has 2 N–H and O–H groups in total. The maximum atomic E-state index is 14.6. The molecule has 0 radical (unpaired) electrons. The number of rotatable bonds is 5. The van der Waals surface area contributed by atoms with Crippen LogP contribution >= 0.6 is 11.6 Å². The van der Waals surface area contributed by atoms with Gasteiger partial charge in [0.25, 0.3) is 5.91 Å². The van der Waals surface area contributed by atoms with E-state index in [0.717, 1.165) is 42.2 Å². The summed E-state index contributed by atoms with van der Waals surface area (Å²) in [6, 6.07) is 7.47. The molecule has 184 valence electrons. The van der Waals surface area contributed by atoms with Gasteiger partial charge in [-0.3, -0.25) is 4.79 Å². The minimum Gasteiger partial charge on any atom is -0.493 e. The first-order valence-electron chi connectivity index (χ1n) is 12.0. The first-order valence-corrected chi connectivity index (χ1v) is 12.4. The molecule has 4 aromatic rings. The molecule has 8 nitrogen and oxygen atoms in total. The monoisotopic (exact) mass is 506 g/mol. The Labute approximate surface area is 211 Å². The number of halogens is 2. The molecular formula is C26H24ClFN6O2. The Morgan fingerprint density at radius 3 is 3.11 bits per heavy atom. The molecule has 1 aromatic carbocycles. The minimum absolute atomic E-state index is 0.000101. The van der Waals surface area contributed by atoms with Crippen LogP contribution in [0.15, 0.2) is 42.9 Å². The third kappa shape index (κ3) is 4.35. The predicted octanol–water partition coefficient (Wildman–Crippen LogP) is 4.71.